The lowest BCUT2D eigenvalue weighted by molar-refractivity contribution is 0.298. The SMILES string of the molecule is CCP1(=O)CCN(CCc2ccc(OC)cc2OI)CC1. The Kier molecular flexibility index (Phi) is 6.38. The molecule has 6 heteroatoms. The maximum atomic E-state index is 12.3. The molecule has 0 atom stereocenters. The lowest BCUT2D eigenvalue weighted by Crippen LogP contribution is -2.36. The molecule has 2 rings (SSSR count). The van der Waals surface area contributed by atoms with Crippen LogP contribution in [-0.2, 0) is 11.0 Å². The molecule has 0 N–H and O–H groups in total. The smallest absolute Gasteiger partial charge is 0.192 e. The number of hydrogen-bond donors (Lipinski definition) is 0. The van der Waals surface area contributed by atoms with Gasteiger partial charge >= 0.3 is 0 Å². The Hall–Kier alpha value is -0.260. The number of rotatable bonds is 6. The zero-order valence-electron chi connectivity index (χ0n) is 12.7. The fourth-order valence-electron chi connectivity index (χ4n) is 2.63. The average molecular weight is 423 g/mol. The third kappa shape index (κ3) is 4.60. The summed E-state index contributed by atoms with van der Waals surface area (Å²) in [7, 11) is -0.179. The molecule has 0 unspecified atom stereocenters. The monoisotopic (exact) mass is 423 g/mol. The number of methoxy groups -OCH3 is 1. The van der Waals surface area contributed by atoms with Crippen molar-refractivity contribution >= 4 is 30.1 Å². The third-order valence-corrected chi connectivity index (χ3v) is 7.94. The van der Waals surface area contributed by atoms with Gasteiger partial charge in [0.1, 0.15) is 11.5 Å². The molecule has 1 heterocycles. The topological polar surface area (TPSA) is 38.8 Å². The molecule has 1 aromatic carbocycles. The Morgan fingerprint density at radius 2 is 2.05 bits per heavy atom. The molecule has 1 aliphatic heterocycles. The van der Waals surface area contributed by atoms with Gasteiger partial charge in [0.05, 0.1) is 14.3 Å². The Labute approximate surface area is 141 Å². The van der Waals surface area contributed by atoms with Crippen LogP contribution in [0, 0.1) is 0 Å². The molecule has 0 amide bonds. The quantitative estimate of drug-likeness (QED) is 0.517. The minimum Gasteiger partial charge on any atom is -0.497 e. The summed E-state index contributed by atoms with van der Waals surface area (Å²) >= 11 is 1.91. The largest absolute Gasteiger partial charge is 0.497 e. The molecule has 21 heavy (non-hydrogen) atoms. The molecule has 0 saturated carbocycles. The van der Waals surface area contributed by atoms with Gasteiger partial charge in [-0.15, -0.1) is 0 Å². The van der Waals surface area contributed by atoms with Crippen LogP contribution in [0.3, 0.4) is 0 Å². The molecule has 0 spiro atoms. The summed E-state index contributed by atoms with van der Waals surface area (Å²) in [5, 5.41) is 0. The maximum Gasteiger partial charge on any atom is 0.192 e. The van der Waals surface area contributed by atoms with E-state index in [1.54, 1.807) is 7.11 Å². The van der Waals surface area contributed by atoms with Gasteiger partial charge in [-0.1, -0.05) is 13.0 Å². The van der Waals surface area contributed by atoms with Crippen molar-refractivity contribution in [2.75, 3.05) is 45.2 Å². The van der Waals surface area contributed by atoms with Crippen LogP contribution in [0.1, 0.15) is 12.5 Å². The number of benzene rings is 1. The zero-order chi connectivity index (χ0) is 15.3. The lowest BCUT2D eigenvalue weighted by Gasteiger charge is -2.31. The Morgan fingerprint density at radius 1 is 1.33 bits per heavy atom. The van der Waals surface area contributed by atoms with E-state index in [9.17, 15) is 4.57 Å². The van der Waals surface area contributed by atoms with Gasteiger partial charge in [0.15, 0.2) is 23.0 Å². The summed E-state index contributed by atoms with van der Waals surface area (Å²) in [6.07, 6.45) is 3.55. The van der Waals surface area contributed by atoms with Gasteiger partial charge in [0.2, 0.25) is 0 Å². The highest BCUT2D eigenvalue weighted by molar-refractivity contribution is 14.1. The summed E-state index contributed by atoms with van der Waals surface area (Å²) in [6, 6.07) is 5.95. The standard InChI is InChI=1S/C15H23INO3P/c1-3-21(18)10-8-17(9-11-21)7-6-13-4-5-14(19-2)12-15(13)20-16/h4-5,12H,3,6-11H2,1-2H3. The molecule has 0 radical (unpaired) electrons. The minimum absolute atomic E-state index is 0.812. The van der Waals surface area contributed by atoms with E-state index in [1.807, 2.05) is 35.1 Å². The van der Waals surface area contributed by atoms with Crippen LogP contribution < -0.4 is 7.80 Å². The zero-order valence-corrected chi connectivity index (χ0v) is 15.7. The molecule has 1 aliphatic rings. The molecule has 0 aliphatic carbocycles. The van der Waals surface area contributed by atoms with Crippen molar-refractivity contribution in [2.24, 2.45) is 0 Å². The van der Waals surface area contributed by atoms with Crippen LogP contribution in [-0.4, -0.2) is 50.1 Å². The van der Waals surface area contributed by atoms with E-state index in [2.05, 4.69) is 17.9 Å². The molecule has 0 bridgehead atoms. The first kappa shape index (κ1) is 17.1. The molecule has 118 valence electrons. The summed E-state index contributed by atoms with van der Waals surface area (Å²) in [6.45, 7) is 4.96. The molecule has 4 nitrogen and oxygen atoms in total. The first-order valence-electron chi connectivity index (χ1n) is 7.35. The van der Waals surface area contributed by atoms with Gasteiger partial charge in [-0.2, -0.15) is 0 Å². The highest BCUT2D eigenvalue weighted by Crippen LogP contribution is 2.46. The Bertz CT molecular complexity index is 512. The average Bonchev–Trinajstić information content (AvgIpc) is 2.54. The first-order valence-corrected chi connectivity index (χ1v) is 10.5. The van der Waals surface area contributed by atoms with Crippen LogP contribution in [0.15, 0.2) is 18.2 Å². The second-order valence-corrected chi connectivity index (χ2v) is 9.55. The number of halogens is 1. The fraction of sp³-hybridized carbons (Fsp3) is 0.600. The van der Waals surface area contributed by atoms with E-state index in [0.717, 1.165) is 56.0 Å². The van der Waals surface area contributed by atoms with E-state index >= 15 is 0 Å². The second-order valence-electron chi connectivity index (χ2n) is 5.46. The van der Waals surface area contributed by atoms with E-state index in [0.29, 0.717) is 0 Å². The van der Waals surface area contributed by atoms with Gasteiger partial charge in [-0.05, 0) is 24.2 Å². The van der Waals surface area contributed by atoms with Gasteiger partial charge in [-0.25, -0.2) is 0 Å². The van der Waals surface area contributed by atoms with Crippen LogP contribution in [0.2, 0.25) is 0 Å². The number of ether oxygens (including phenoxy) is 1. The molecular formula is C15H23INO3P. The van der Waals surface area contributed by atoms with E-state index in [4.69, 9.17) is 7.80 Å². The molecule has 0 aromatic heterocycles. The van der Waals surface area contributed by atoms with Crippen molar-refractivity contribution in [1.82, 2.24) is 4.90 Å². The molecule has 1 fully saturated rings. The van der Waals surface area contributed by atoms with E-state index in [-0.39, 0.29) is 0 Å². The lowest BCUT2D eigenvalue weighted by atomic mass is 10.1. The highest BCUT2D eigenvalue weighted by Gasteiger charge is 2.26. The number of hydrogen-bond acceptors (Lipinski definition) is 4. The number of nitrogens with zero attached hydrogens (tertiary/aromatic N) is 1. The molecule has 1 saturated heterocycles. The maximum absolute atomic E-state index is 12.3. The first-order chi connectivity index (χ1) is 10.1. The molecular weight excluding hydrogens is 400 g/mol. The summed E-state index contributed by atoms with van der Waals surface area (Å²) < 4.78 is 23.0. The Morgan fingerprint density at radius 3 is 2.62 bits per heavy atom. The second kappa shape index (κ2) is 7.84. The fourth-order valence-corrected chi connectivity index (χ4v) is 5.19. The summed E-state index contributed by atoms with van der Waals surface area (Å²) in [5.74, 6) is 1.68. The van der Waals surface area contributed by atoms with E-state index in [1.165, 1.54) is 5.56 Å². The van der Waals surface area contributed by atoms with Crippen molar-refractivity contribution in [3.05, 3.63) is 23.8 Å². The van der Waals surface area contributed by atoms with Gasteiger partial charge < -0.3 is 17.3 Å². The van der Waals surface area contributed by atoms with Gasteiger partial charge in [0, 0.05) is 38.0 Å². The Balaban J connectivity index is 1.90. The van der Waals surface area contributed by atoms with Crippen molar-refractivity contribution in [3.63, 3.8) is 0 Å². The normalized spacial score (nSPS) is 18.4. The summed E-state index contributed by atoms with van der Waals surface area (Å²) in [4.78, 5) is 2.41. The van der Waals surface area contributed by atoms with E-state index < -0.39 is 7.14 Å². The van der Waals surface area contributed by atoms with Crippen LogP contribution in [0.5, 0.6) is 11.5 Å². The van der Waals surface area contributed by atoms with Crippen molar-refractivity contribution in [1.29, 1.82) is 0 Å². The van der Waals surface area contributed by atoms with Crippen molar-refractivity contribution < 1.29 is 12.4 Å². The third-order valence-electron chi connectivity index (χ3n) is 4.28. The predicted octanol–water partition coefficient (Wildman–Crippen LogP) is 3.67. The minimum atomic E-state index is -1.84. The summed E-state index contributed by atoms with van der Waals surface area (Å²) in [5.41, 5.74) is 1.19. The van der Waals surface area contributed by atoms with Crippen molar-refractivity contribution in [3.8, 4) is 11.5 Å². The van der Waals surface area contributed by atoms with Gasteiger partial charge in [-0.3, -0.25) is 0 Å². The van der Waals surface area contributed by atoms with Crippen molar-refractivity contribution in [2.45, 2.75) is 13.3 Å². The predicted molar refractivity (Wildman–Crippen MR) is 95.7 cm³/mol. The molecule has 1 aromatic rings. The van der Waals surface area contributed by atoms with Crippen LogP contribution in [0.25, 0.3) is 0 Å². The van der Waals surface area contributed by atoms with Crippen LogP contribution >= 0.6 is 30.1 Å². The van der Waals surface area contributed by atoms with Crippen LogP contribution in [0.4, 0.5) is 0 Å². The van der Waals surface area contributed by atoms with Gasteiger partial charge in [0.25, 0.3) is 0 Å². The highest BCUT2D eigenvalue weighted by atomic mass is 127.